The molecule has 1 saturated heterocycles. The molecule has 1 aliphatic heterocycles. The third kappa shape index (κ3) is 5.65. The maximum atomic E-state index is 12.2. The smallest absolute Gasteiger partial charge is 0.335 e. The topological polar surface area (TPSA) is 88.4 Å². The van der Waals surface area contributed by atoms with Gasteiger partial charge < -0.3 is 19.5 Å². The van der Waals surface area contributed by atoms with E-state index in [1.54, 1.807) is 29.3 Å². The van der Waals surface area contributed by atoms with Crippen LogP contribution in [0.2, 0.25) is 0 Å². The molecule has 1 amide bonds. The zero-order valence-corrected chi connectivity index (χ0v) is 17.5. The van der Waals surface area contributed by atoms with Gasteiger partial charge in [0, 0.05) is 19.3 Å². The molecule has 1 heterocycles. The lowest BCUT2D eigenvalue weighted by molar-refractivity contribution is -0.137. The molecule has 152 valence electrons. The predicted octanol–water partition coefficient (Wildman–Crippen LogP) is 3.44. The Morgan fingerprint density at radius 2 is 2.00 bits per heavy atom. The predicted molar refractivity (Wildman–Crippen MR) is 112 cm³/mol. The first-order chi connectivity index (χ1) is 13.9. The third-order valence-electron chi connectivity index (χ3n) is 4.48. The van der Waals surface area contributed by atoms with Gasteiger partial charge in [-0.2, -0.15) is 0 Å². The summed E-state index contributed by atoms with van der Waals surface area (Å²) in [7, 11) is 0. The number of rotatable bonds is 6. The average Bonchev–Trinajstić information content (AvgIpc) is 2.72. The number of aromatic carboxylic acids is 1. The summed E-state index contributed by atoms with van der Waals surface area (Å²) in [5, 5.41) is 9.12. The van der Waals surface area contributed by atoms with E-state index in [1.807, 2.05) is 19.1 Å². The standard InChI is InChI=1S/C21H21BrN2O5/c1-14-2-4-16(21(26)27)11-18(14)23-12-15-3-5-19(17(22)10-15)29-13-20(25)24-6-8-28-9-7-24/h2-5,10-12H,6-9,13H2,1H3,(H,26,27). The summed E-state index contributed by atoms with van der Waals surface area (Å²) < 4.78 is 11.6. The maximum Gasteiger partial charge on any atom is 0.335 e. The molecule has 0 spiro atoms. The van der Waals surface area contributed by atoms with Gasteiger partial charge in [-0.15, -0.1) is 0 Å². The van der Waals surface area contributed by atoms with E-state index in [4.69, 9.17) is 14.6 Å². The van der Waals surface area contributed by atoms with Gasteiger partial charge in [0.05, 0.1) is 28.9 Å². The summed E-state index contributed by atoms with van der Waals surface area (Å²) in [5.74, 6) is -0.496. The normalized spacial score (nSPS) is 14.2. The van der Waals surface area contributed by atoms with Gasteiger partial charge >= 0.3 is 5.97 Å². The Kier molecular flexibility index (Phi) is 7.00. The van der Waals surface area contributed by atoms with Gasteiger partial charge in [0.15, 0.2) is 6.61 Å². The second-order valence-electron chi connectivity index (χ2n) is 6.54. The highest BCUT2D eigenvalue weighted by Crippen LogP contribution is 2.26. The zero-order valence-electron chi connectivity index (χ0n) is 15.9. The number of amides is 1. The molecule has 1 aliphatic rings. The summed E-state index contributed by atoms with van der Waals surface area (Å²) in [6, 6.07) is 10.2. The van der Waals surface area contributed by atoms with Crippen molar-refractivity contribution in [1.82, 2.24) is 4.90 Å². The summed E-state index contributed by atoms with van der Waals surface area (Å²) >= 11 is 3.46. The molecular formula is C21H21BrN2O5. The molecular weight excluding hydrogens is 440 g/mol. The molecule has 7 nitrogen and oxygen atoms in total. The van der Waals surface area contributed by atoms with Crippen LogP contribution in [-0.2, 0) is 9.53 Å². The van der Waals surface area contributed by atoms with Crippen LogP contribution in [0.15, 0.2) is 45.9 Å². The van der Waals surface area contributed by atoms with E-state index < -0.39 is 5.97 Å². The number of nitrogens with zero attached hydrogens (tertiary/aromatic N) is 2. The number of aliphatic imine (C=N–C) groups is 1. The van der Waals surface area contributed by atoms with Crippen LogP contribution >= 0.6 is 15.9 Å². The van der Waals surface area contributed by atoms with Crippen molar-refractivity contribution in [2.24, 2.45) is 4.99 Å². The first-order valence-electron chi connectivity index (χ1n) is 9.10. The maximum absolute atomic E-state index is 12.2. The Morgan fingerprint density at radius 1 is 1.24 bits per heavy atom. The lowest BCUT2D eigenvalue weighted by Crippen LogP contribution is -2.43. The monoisotopic (exact) mass is 460 g/mol. The van der Waals surface area contributed by atoms with Crippen LogP contribution in [0.1, 0.15) is 21.5 Å². The average molecular weight is 461 g/mol. The number of halogens is 1. The van der Waals surface area contributed by atoms with E-state index in [1.165, 1.54) is 6.07 Å². The van der Waals surface area contributed by atoms with Crippen LogP contribution in [0.5, 0.6) is 5.75 Å². The number of morpholine rings is 1. The largest absolute Gasteiger partial charge is 0.483 e. The van der Waals surface area contributed by atoms with E-state index in [0.717, 1.165) is 11.1 Å². The Labute approximate surface area is 177 Å². The first-order valence-corrected chi connectivity index (χ1v) is 9.89. The van der Waals surface area contributed by atoms with E-state index in [2.05, 4.69) is 20.9 Å². The Hall–Kier alpha value is -2.71. The van der Waals surface area contributed by atoms with Crippen molar-refractivity contribution in [3.63, 3.8) is 0 Å². The first kappa shape index (κ1) is 21.0. The molecule has 0 unspecified atom stereocenters. The van der Waals surface area contributed by atoms with E-state index in [-0.39, 0.29) is 18.1 Å². The molecule has 1 N–H and O–H groups in total. The molecule has 2 aromatic rings. The molecule has 0 radical (unpaired) electrons. The number of aryl methyl sites for hydroxylation is 1. The van der Waals surface area contributed by atoms with Crippen molar-refractivity contribution in [3.8, 4) is 5.75 Å². The van der Waals surface area contributed by atoms with Gasteiger partial charge in [0.1, 0.15) is 5.75 Å². The van der Waals surface area contributed by atoms with Crippen LogP contribution in [0.3, 0.4) is 0 Å². The third-order valence-corrected chi connectivity index (χ3v) is 5.10. The summed E-state index contributed by atoms with van der Waals surface area (Å²) in [6.07, 6.45) is 1.65. The van der Waals surface area contributed by atoms with E-state index >= 15 is 0 Å². The number of benzene rings is 2. The Morgan fingerprint density at radius 3 is 2.69 bits per heavy atom. The van der Waals surface area contributed by atoms with Crippen LogP contribution < -0.4 is 4.74 Å². The molecule has 0 atom stereocenters. The second-order valence-corrected chi connectivity index (χ2v) is 7.39. The van der Waals surface area contributed by atoms with Gasteiger partial charge in [-0.3, -0.25) is 9.79 Å². The van der Waals surface area contributed by atoms with Gasteiger partial charge in [0.25, 0.3) is 5.91 Å². The molecule has 8 heteroatoms. The molecule has 0 aromatic heterocycles. The fourth-order valence-electron chi connectivity index (χ4n) is 2.78. The lowest BCUT2D eigenvalue weighted by atomic mass is 10.1. The molecule has 29 heavy (non-hydrogen) atoms. The van der Waals surface area contributed by atoms with Crippen LogP contribution in [0, 0.1) is 6.92 Å². The molecule has 0 saturated carbocycles. The highest BCUT2D eigenvalue weighted by Gasteiger charge is 2.17. The Bertz CT molecular complexity index is 939. The SMILES string of the molecule is Cc1ccc(C(=O)O)cc1N=Cc1ccc(OCC(=O)N2CCOCC2)c(Br)c1. The summed E-state index contributed by atoms with van der Waals surface area (Å²) in [5.41, 5.74) is 2.48. The molecule has 0 aliphatic carbocycles. The van der Waals surface area contributed by atoms with Crippen molar-refractivity contribution >= 4 is 39.7 Å². The van der Waals surface area contributed by atoms with Crippen molar-refractivity contribution in [2.45, 2.75) is 6.92 Å². The van der Waals surface area contributed by atoms with Crippen molar-refractivity contribution < 1.29 is 24.2 Å². The van der Waals surface area contributed by atoms with E-state index in [0.29, 0.717) is 42.2 Å². The molecule has 0 bridgehead atoms. The fourth-order valence-corrected chi connectivity index (χ4v) is 3.29. The van der Waals surface area contributed by atoms with Gasteiger partial charge in [-0.1, -0.05) is 6.07 Å². The number of carboxylic acids is 1. The zero-order chi connectivity index (χ0) is 20.8. The lowest BCUT2D eigenvalue weighted by Gasteiger charge is -2.26. The van der Waals surface area contributed by atoms with Crippen LogP contribution in [-0.4, -0.2) is 61.0 Å². The number of carbonyl (C=O) groups excluding carboxylic acids is 1. The number of ether oxygens (including phenoxy) is 2. The highest BCUT2D eigenvalue weighted by atomic mass is 79.9. The number of carboxylic acid groups (broad SMARTS) is 1. The van der Waals surface area contributed by atoms with Crippen LogP contribution in [0.4, 0.5) is 5.69 Å². The second kappa shape index (κ2) is 9.67. The fraction of sp³-hybridized carbons (Fsp3) is 0.286. The minimum atomic E-state index is -0.989. The number of carbonyl (C=O) groups is 2. The minimum absolute atomic E-state index is 0.0345. The van der Waals surface area contributed by atoms with E-state index in [9.17, 15) is 9.59 Å². The summed E-state index contributed by atoms with van der Waals surface area (Å²) in [6.45, 7) is 4.11. The molecule has 1 fully saturated rings. The van der Waals surface area contributed by atoms with Crippen LogP contribution in [0.25, 0.3) is 0 Å². The van der Waals surface area contributed by atoms with Crippen molar-refractivity contribution in [2.75, 3.05) is 32.9 Å². The quantitative estimate of drug-likeness (QED) is 0.666. The van der Waals surface area contributed by atoms with Crippen molar-refractivity contribution in [3.05, 3.63) is 57.6 Å². The van der Waals surface area contributed by atoms with Gasteiger partial charge in [0.2, 0.25) is 0 Å². The molecule has 2 aromatic carbocycles. The van der Waals surface area contributed by atoms with Crippen molar-refractivity contribution in [1.29, 1.82) is 0 Å². The summed E-state index contributed by atoms with van der Waals surface area (Å²) in [4.78, 5) is 29.4. The van der Waals surface area contributed by atoms with Gasteiger partial charge in [-0.05, 0) is 64.3 Å². The Balaban J connectivity index is 1.65. The number of hydrogen-bond acceptors (Lipinski definition) is 5. The highest BCUT2D eigenvalue weighted by molar-refractivity contribution is 9.10. The number of hydrogen-bond donors (Lipinski definition) is 1. The minimum Gasteiger partial charge on any atom is -0.483 e. The molecule has 3 rings (SSSR count). The van der Waals surface area contributed by atoms with Gasteiger partial charge in [-0.25, -0.2) is 4.79 Å².